The Morgan fingerprint density at radius 1 is 1.43 bits per heavy atom. The molecule has 1 fully saturated rings. The van der Waals surface area contributed by atoms with Gasteiger partial charge in [0.15, 0.2) is 0 Å². The van der Waals surface area contributed by atoms with Gasteiger partial charge in [0, 0.05) is 19.6 Å². The molecule has 0 heterocycles. The Kier molecular flexibility index (Phi) is 4.20. The summed E-state index contributed by atoms with van der Waals surface area (Å²) in [5.74, 6) is 0. The highest BCUT2D eigenvalue weighted by Crippen LogP contribution is 2.18. The van der Waals surface area contributed by atoms with Crippen LogP contribution in [0.4, 0.5) is 4.79 Å². The van der Waals surface area contributed by atoms with Gasteiger partial charge >= 0.3 is 6.03 Å². The summed E-state index contributed by atoms with van der Waals surface area (Å²) in [6.45, 7) is 2.67. The van der Waals surface area contributed by atoms with Crippen molar-refractivity contribution in [2.24, 2.45) is 0 Å². The minimum absolute atomic E-state index is 0.00566. The molecule has 1 aliphatic rings. The van der Waals surface area contributed by atoms with E-state index in [4.69, 9.17) is 0 Å². The Labute approximate surface area is 85.3 Å². The van der Waals surface area contributed by atoms with Gasteiger partial charge in [0.1, 0.15) is 0 Å². The molecule has 0 aromatic carbocycles. The van der Waals surface area contributed by atoms with Gasteiger partial charge in [-0.25, -0.2) is 4.79 Å². The van der Waals surface area contributed by atoms with Crippen molar-refractivity contribution in [1.82, 2.24) is 10.2 Å². The number of nitrogens with one attached hydrogen (secondary N) is 1. The van der Waals surface area contributed by atoms with Gasteiger partial charge in [-0.05, 0) is 32.6 Å². The third-order valence-electron chi connectivity index (χ3n) is 2.85. The molecule has 1 saturated carbocycles. The predicted octanol–water partition coefficient (Wildman–Crippen LogP) is 0.951. The van der Waals surface area contributed by atoms with E-state index in [-0.39, 0.29) is 18.2 Å². The lowest BCUT2D eigenvalue weighted by molar-refractivity contribution is 0.116. The Bertz CT molecular complexity index is 189. The monoisotopic (exact) mass is 200 g/mol. The molecule has 0 unspecified atom stereocenters. The molecule has 1 aliphatic carbocycles. The second-order valence-electron chi connectivity index (χ2n) is 3.97. The summed E-state index contributed by atoms with van der Waals surface area (Å²) in [7, 11) is 1.78. The lowest BCUT2D eigenvalue weighted by atomic mass is 9.93. The normalized spacial score (nSPS) is 27.1. The van der Waals surface area contributed by atoms with Crippen LogP contribution in [0.15, 0.2) is 0 Å². The molecular formula is C10H20N2O2. The fourth-order valence-corrected chi connectivity index (χ4v) is 1.65. The number of amides is 2. The smallest absolute Gasteiger partial charge is 0.317 e. The number of hydrogen-bond acceptors (Lipinski definition) is 2. The first-order valence-electron chi connectivity index (χ1n) is 5.33. The van der Waals surface area contributed by atoms with Crippen LogP contribution in [0, 0.1) is 0 Å². The molecule has 14 heavy (non-hydrogen) atoms. The van der Waals surface area contributed by atoms with Gasteiger partial charge in [-0.3, -0.25) is 0 Å². The molecule has 2 amide bonds. The number of urea groups is 1. The molecule has 0 bridgehead atoms. The fraction of sp³-hybridized carbons (Fsp3) is 0.900. The number of hydrogen-bond donors (Lipinski definition) is 2. The predicted molar refractivity (Wildman–Crippen MR) is 55.1 cm³/mol. The van der Waals surface area contributed by atoms with Gasteiger partial charge in [0.05, 0.1) is 6.10 Å². The Hall–Kier alpha value is -0.770. The van der Waals surface area contributed by atoms with E-state index in [1.807, 2.05) is 6.92 Å². The zero-order chi connectivity index (χ0) is 10.6. The highest BCUT2D eigenvalue weighted by atomic mass is 16.3. The minimum Gasteiger partial charge on any atom is -0.393 e. The lowest BCUT2D eigenvalue weighted by Crippen LogP contribution is -2.44. The summed E-state index contributed by atoms with van der Waals surface area (Å²) in [5.41, 5.74) is 0. The first-order valence-corrected chi connectivity index (χ1v) is 5.33. The van der Waals surface area contributed by atoms with E-state index in [1.165, 1.54) is 0 Å². The molecule has 0 spiro atoms. The molecule has 0 aromatic rings. The van der Waals surface area contributed by atoms with Crippen molar-refractivity contribution in [2.75, 3.05) is 13.6 Å². The van der Waals surface area contributed by atoms with Crippen molar-refractivity contribution in [2.45, 2.75) is 44.8 Å². The standard InChI is InChI=1S/C10H20N2O2/c1-3-12(2)10(14)11-8-4-6-9(13)7-5-8/h8-9,13H,3-7H2,1-2H3,(H,11,14). The number of aliphatic hydroxyl groups is 1. The van der Waals surface area contributed by atoms with Crippen LogP contribution in [-0.2, 0) is 0 Å². The molecule has 0 radical (unpaired) electrons. The fourth-order valence-electron chi connectivity index (χ4n) is 1.65. The molecule has 1 rings (SSSR count). The molecule has 0 aromatic heterocycles. The molecular weight excluding hydrogens is 180 g/mol. The SMILES string of the molecule is CCN(C)C(=O)NC1CCC(O)CC1. The van der Waals surface area contributed by atoms with E-state index in [0.29, 0.717) is 0 Å². The van der Waals surface area contributed by atoms with Crippen LogP contribution in [-0.4, -0.2) is 41.8 Å². The number of nitrogens with zero attached hydrogens (tertiary/aromatic N) is 1. The Morgan fingerprint density at radius 3 is 2.50 bits per heavy atom. The van der Waals surface area contributed by atoms with E-state index < -0.39 is 0 Å². The van der Waals surface area contributed by atoms with Crippen molar-refractivity contribution < 1.29 is 9.90 Å². The number of carbonyl (C=O) groups is 1. The first kappa shape index (κ1) is 11.3. The largest absolute Gasteiger partial charge is 0.393 e. The van der Waals surface area contributed by atoms with Crippen LogP contribution in [0.25, 0.3) is 0 Å². The maximum absolute atomic E-state index is 11.5. The summed E-state index contributed by atoms with van der Waals surface area (Å²) in [6, 6.07) is 0.244. The number of aliphatic hydroxyl groups excluding tert-OH is 1. The Morgan fingerprint density at radius 2 is 2.00 bits per heavy atom. The number of carbonyl (C=O) groups excluding carboxylic acids is 1. The zero-order valence-corrected chi connectivity index (χ0v) is 8.99. The van der Waals surface area contributed by atoms with Gasteiger partial charge in [0.25, 0.3) is 0 Å². The summed E-state index contributed by atoms with van der Waals surface area (Å²) in [5, 5.41) is 12.3. The van der Waals surface area contributed by atoms with E-state index in [1.54, 1.807) is 11.9 Å². The second kappa shape index (κ2) is 5.20. The molecule has 82 valence electrons. The average Bonchev–Trinajstić information content (AvgIpc) is 2.20. The highest BCUT2D eigenvalue weighted by Gasteiger charge is 2.21. The van der Waals surface area contributed by atoms with Gasteiger partial charge in [-0.15, -0.1) is 0 Å². The summed E-state index contributed by atoms with van der Waals surface area (Å²) in [6.07, 6.45) is 3.24. The van der Waals surface area contributed by atoms with Crippen molar-refractivity contribution in [3.05, 3.63) is 0 Å². The van der Waals surface area contributed by atoms with Crippen LogP contribution < -0.4 is 5.32 Å². The molecule has 0 atom stereocenters. The first-order chi connectivity index (χ1) is 6.63. The van der Waals surface area contributed by atoms with Gasteiger partial charge in [0.2, 0.25) is 0 Å². The molecule has 0 aliphatic heterocycles. The zero-order valence-electron chi connectivity index (χ0n) is 8.99. The third kappa shape index (κ3) is 3.18. The second-order valence-corrected chi connectivity index (χ2v) is 3.97. The van der Waals surface area contributed by atoms with E-state index in [0.717, 1.165) is 32.2 Å². The molecule has 4 nitrogen and oxygen atoms in total. The van der Waals surface area contributed by atoms with E-state index >= 15 is 0 Å². The molecule has 0 saturated heterocycles. The highest BCUT2D eigenvalue weighted by molar-refractivity contribution is 5.74. The van der Waals surface area contributed by atoms with Gasteiger partial charge < -0.3 is 15.3 Å². The maximum Gasteiger partial charge on any atom is 0.317 e. The van der Waals surface area contributed by atoms with E-state index in [2.05, 4.69) is 5.32 Å². The summed E-state index contributed by atoms with van der Waals surface area (Å²) < 4.78 is 0. The van der Waals surface area contributed by atoms with Crippen LogP contribution in [0.3, 0.4) is 0 Å². The van der Waals surface area contributed by atoms with Crippen molar-refractivity contribution in [1.29, 1.82) is 0 Å². The van der Waals surface area contributed by atoms with E-state index in [9.17, 15) is 9.90 Å². The lowest BCUT2D eigenvalue weighted by Gasteiger charge is -2.28. The van der Waals surface area contributed by atoms with Crippen LogP contribution in [0.1, 0.15) is 32.6 Å². The summed E-state index contributed by atoms with van der Waals surface area (Å²) in [4.78, 5) is 13.1. The topological polar surface area (TPSA) is 52.6 Å². The minimum atomic E-state index is -0.160. The van der Waals surface area contributed by atoms with Gasteiger partial charge in [-0.1, -0.05) is 0 Å². The van der Waals surface area contributed by atoms with Gasteiger partial charge in [-0.2, -0.15) is 0 Å². The van der Waals surface area contributed by atoms with Crippen LogP contribution >= 0.6 is 0 Å². The van der Waals surface area contributed by atoms with Crippen molar-refractivity contribution >= 4 is 6.03 Å². The van der Waals surface area contributed by atoms with Crippen molar-refractivity contribution in [3.8, 4) is 0 Å². The van der Waals surface area contributed by atoms with Crippen molar-refractivity contribution in [3.63, 3.8) is 0 Å². The summed E-state index contributed by atoms with van der Waals surface area (Å²) >= 11 is 0. The Balaban J connectivity index is 2.27. The maximum atomic E-state index is 11.5. The quantitative estimate of drug-likeness (QED) is 0.697. The third-order valence-corrected chi connectivity index (χ3v) is 2.85. The molecule has 4 heteroatoms. The average molecular weight is 200 g/mol. The molecule has 2 N–H and O–H groups in total. The van der Waals surface area contributed by atoms with Crippen LogP contribution in [0.5, 0.6) is 0 Å². The number of rotatable bonds is 2. The van der Waals surface area contributed by atoms with Crippen LogP contribution in [0.2, 0.25) is 0 Å².